The summed E-state index contributed by atoms with van der Waals surface area (Å²) in [5.74, 6) is -1.04. The molecule has 0 radical (unpaired) electrons. The number of nitrogens with zero attached hydrogens (tertiary/aromatic N) is 3. The minimum Gasteiger partial charge on any atom is -0.352 e. The number of nitrogens with two attached hydrogens (primary N) is 1. The lowest BCUT2D eigenvalue weighted by Crippen LogP contribution is -2.55. The van der Waals surface area contributed by atoms with Crippen LogP contribution in [0.15, 0.2) is 48.8 Å². The summed E-state index contributed by atoms with van der Waals surface area (Å²) in [7, 11) is 0. The average Bonchev–Trinajstić information content (AvgIpc) is 3.28. The van der Waals surface area contributed by atoms with Crippen LogP contribution < -0.4 is 11.1 Å². The van der Waals surface area contributed by atoms with E-state index in [0.717, 1.165) is 37.1 Å². The maximum atomic E-state index is 14.0. The Morgan fingerprint density at radius 3 is 2.65 bits per heavy atom. The number of carbonyl (C=O) groups excluding carboxylic acids is 2. The molecule has 7 nitrogen and oxygen atoms in total. The molecule has 8 heteroatoms. The SMILES string of the molecule is Cc1ccc(C)c(Cn2cnc3c2CN(C(=O)c2cccc(F)c2)C(C(=O)NC2CCC(N)CC2)C3)c1. The van der Waals surface area contributed by atoms with E-state index < -0.39 is 11.9 Å². The summed E-state index contributed by atoms with van der Waals surface area (Å²) in [5.41, 5.74) is 11.5. The van der Waals surface area contributed by atoms with Crippen LogP contribution in [0.25, 0.3) is 0 Å². The molecule has 1 atom stereocenters. The molecule has 1 aromatic heterocycles. The predicted molar refractivity (Wildman–Crippen MR) is 139 cm³/mol. The summed E-state index contributed by atoms with van der Waals surface area (Å²) in [6.07, 6.45) is 5.50. The molecule has 37 heavy (non-hydrogen) atoms. The van der Waals surface area contributed by atoms with Crippen LogP contribution in [0.1, 0.15) is 64.1 Å². The van der Waals surface area contributed by atoms with Gasteiger partial charge in [0.05, 0.1) is 24.3 Å². The number of imidazole rings is 1. The van der Waals surface area contributed by atoms with Crippen LogP contribution in [0.5, 0.6) is 0 Å². The highest BCUT2D eigenvalue weighted by molar-refractivity contribution is 5.98. The van der Waals surface area contributed by atoms with E-state index in [4.69, 9.17) is 5.73 Å². The number of hydrogen-bond acceptors (Lipinski definition) is 4. The molecule has 2 aliphatic rings. The molecule has 1 unspecified atom stereocenters. The van der Waals surface area contributed by atoms with Gasteiger partial charge in [0, 0.05) is 30.6 Å². The molecule has 5 rings (SSSR count). The largest absolute Gasteiger partial charge is 0.352 e. The zero-order valence-electron chi connectivity index (χ0n) is 21.4. The third kappa shape index (κ3) is 5.44. The molecule has 3 aromatic rings. The highest BCUT2D eigenvalue weighted by Crippen LogP contribution is 2.27. The lowest BCUT2D eigenvalue weighted by molar-refractivity contribution is -0.127. The van der Waals surface area contributed by atoms with E-state index >= 15 is 0 Å². The fraction of sp³-hybridized carbons (Fsp3) is 0.414. The Bertz CT molecular complexity index is 1310. The van der Waals surface area contributed by atoms with Crippen LogP contribution in [0, 0.1) is 19.7 Å². The van der Waals surface area contributed by atoms with Gasteiger partial charge in [-0.1, -0.05) is 29.8 Å². The number of aryl methyl sites for hydroxylation is 2. The zero-order chi connectivity index (χ0) is 26.1. The Morgan fingerprint density at radius 2 is 1.89 bits per heavy atom. The fourth-order valence-electron chi connectivity index (χ4n) is 5.45. The van der Waals surface area contributed by atoms with Gasteiger partial charge in [-0.3, -0.25) is 9.59 Å². The number of halogens is 1. The van der Waals surface area contributed by atoms with E-state index in [-0.39, 0.29) is 36.0 Å². The van der Waals surface area contributed by atoms with Gasteiger partial charge in [-0.25, -0.2) is 9.37 Å². The van der Waals surface area contributed by atoms with Gasteiger partial charge >= 0.3 is 0 Å². The number of benzene rings is 2. The second kappa shape index (κ2) is 10.5. The van der Waals surface area contributed by atoms with Crippen LogP contribution in [0.3, 0.4) is 0 Å². The maximum Gasteiger partial charge on any atom is 0.255 e. The fourth-order valence-corrected chi connectivity index (χ4v) is 5.45. The van der Waals surface area contributed by atoms with E-state index in [1.807, 2.05) is 0 Å². The quantitative estimate of drug-likeness (QED) is 0.556. The van der Waals surface area contributed by atoms with E-state index in [9.17, 15) is 14.0 Å². The zero-order valence-corrected chi connectivity index (χ0v) is 21.4. The Morgan fingerprint density at radius 1 is 1.11 bits per heavy atom. The van der Waals surface area contributed by atoms with Crippen molar-refractivity contribution < 1.29 is 14.0 Å². The van der Waals surface area contributed by atoms with Crippen LogP contribution in [-0.2, 0) is 24.3 Å². The van der Waals surface area contributed by atoms with Crippen LogP contribution in [0.4, 0.5) is 4.39 Å². The first-order valence-corrected chi connectivity index (χ1v) is 13.0. The molecule has 3 N–H and O–H groups in total. The number of rotatable bonds is 5. The Hall–Kier alpha value is -3.52. The Balaban J connectivity index is 1.44. The number of nitrogens with one attached hydrogen (secondary N) is 1. The van der Waals surface area contributed by atoms with Crippen molar-refractivity contribution >= 4 is 11.8 Å². The molecule has 1 aliphatic carbocycles. The Labute approximate surface area is 216 Å². The van der Waals surface area contributed by atoms with Gasteiger partial charge in [-0.05, 0) is 68.9 Å². The van der Waals surface area contributed by atoms with Crippen molar-refractivity contribution in [1.29, 1.82) is 0 Å². The van der Waals surface area contributed by atoms with Gasteiger partial charge in [0.15, 0.2) is 0 Å². The van der Waals surface area contributed by atoms with Gasteiger partial charge in [0.1, 0.15) is 11.9 Å². The standard InChI is InChI=1S/C29H34FN5O2/c1-18-6-7-19(2)21(12-18)15-34-17-32-25-14-26(28(36)33-24-10-8-23(31)9-11-24)35(16-27(25)34)29(37)20-4-3-5-22(30)13-20/h3-7,12-13,17,23-24,26H,8-11,14-16,31H2,1-2H3,(H,33,36). The smallest absolute Gasteiger partial charge is 0.255 e. The van der Waals surface area contributed by atoms with Gasteiger partial charge in [-0.15, -0.1) is 0 Å². The van der Waals surface area contributed by atoms with Crippen molar-refractivity contribution in [3.8, 4) is 0 Å². The summed E-state index contributed by atoms with van der Waals surface area (Å²) >= 11 is 0. The van der Waals surface area contributed by atoms with Gasteiger partial charge in [0.25, 0.3) is 5.91 Å². The molecule has 1 aliphatic heterocycles. The monoisotopic (exact) mass is 503 g/mol. The van der Waals surface area contributed by atoms with Crippen LogP contribution in [0.2, 0.25) is 0 Å². The normalized spacial score (nSPS) is 21.4. The van der Waals surface area contributed by atoms with E-state index in [0.29, 0.717) is 13.0 Å². The Kier molecular flexibility index (Phi) is 7.11. The number of amides is 2. The summed E-state index contributed by atoms with van der Waals surface area (Å²) in [4.78, 5) is 33.4. The number of aromatic nitrogens is 2. The minimum atomic E-state index is -0.720. The van der Waals surface area contributed by atoms with Crippen molar-refractivity contribution in [2.24, 2.45) is 5.73 Å². The molecule has 194 valence electrons. The number of hydrogen-bond donors (Lipinski definition) is 2. The molecule has 1 fully saturated rings. The van der Waals surface area contributed by atoms with Crippen LogP contribution in [-0.4, -0.2) is 44.4 Å². The van der Waals surface area contributed by atoms with Crippen LogP contribution >= 0.6 is 0 Å². The maximum absolute atomic E-state index is 14.0. The molecule has 0 saturated heterocycles. The first kappa shape index (κ1) is 25.1. The lowest BCUT2D eigenvalue weighted by atomic mass is 9.91. The average molecular weight is 504 g/mol. The predicted octanol–water partition coefficient (Wildman–Crippen LogP) is 3.64. The second-order valence-electron chi connectivity index (χ2n) is 10.5. The van der Waals surface area contributed by atoms with Crippen molar-refractivity contribution in [2.45, 2.75) is 77.2 Å². The highest BCUT2D eigenvalue weighted by atomic mass is 19.1. The van der Waals surface area contributed by atoms with E-state index in [2.05, 4.69) is 46.9 Å². The van der Waals surface area contributed by atoms with Gasteiger partial charge < -0.3 is 20.5 Å². The second-order valence-corrected chi connectivity index (χ2v) is 10.5. The summed E-state index contributed by atoms with van der Waals surface area (Å²) in [6.45, 7) is 4.99. The highest BCUT2D eigenvalue weighted by Gasteiger charge is 2.38. The minimum absolute atomic E-state index is 0.0432. The first-order chi connectivity index (χ1) is 17.8. The van der Waals surface area contributed by atoms with Crippen molar-refractivity contribution in [3.63, 3.8) is 0 Å². The topological polar surface area (TPSA) is 93.2 Å². The molecule has 0 bridgehead atoms. The van der Waals surface area contributed by atoms with Gasteiger partial charge in [-0.2, -0.15) is 0 Å². The van der Waals surface area contributed by atoms with E-state index in [1.54, 1.807) is 17.3 Å². The van der Waals surface area contributed by atoms with Crippen molar-refractivity contribution in [2.75, 3.05) is 0 Å². The lowest BCUT2D eigenvalue weighted by Gasteiger charge is -2.36. The molecule has 2 amide bonds. The molecule has 1 saturated carbocycles. The van der Waals surface area contributed by atoms with Crippen molar-refractivity contribution in [1.82, 2.24) is 19.8 Å². The number of carbonyl (C=O) groups is 2. The molecule has 2 aromatic carbocycles. The first-order valence-electron chi connectivity index (χ1n) is 13.0. The summed E-state index contributed by atoms with van der Waals surface area (Å²) < 4.78 is 16.0. The van der Waals surface area contributed by atoms with Crippen molar-refractivity contribution in [3.05, 3.63) is 88.3 Å². The summed E-state index contributed by atoms with van der Waals surface area (Å²) in [6, 6.07) is 11.5. The molecule has 2 heterocycles. The van der Waals surface area contributed by atoms with E-state index in [1.165, 1.54) is 34.9 Å². The number of fused-ring (bicyclic) bond motifs is 1. The molecule has 0 spiro atoms. The van der Waals surface area contributed by atoms with Gasteiger partial charge in [0.2, 0.25) is 5.91 Å². The third-order valence-electron chi connectivity index (χ3n) is 7.71. The third-order valence-corrected chi connectivity index (χ3v) is 7.71. The molecular weight excluding hydrogens is 469 g/mol. The molecular formula is C29H34FN5O2. The summed E-state index contributed by atoms with van der Waals surface area (Å²) in [5, 5.41) is 3.15.